The van der Waals surface area contributed by atoms with Gasteiger partial charge in [-0.2, -0.15) is 4.39 Å². The predicted octanol–water partition coefficient (Wildman–Crippen LogP) is 3.19. The lowest BCUT2D eigenvalue weighted by Crippen LogP contribution is -2.01. The first-order valence-electron chi connectivity index (χ1n) is 3.25. The molecule has 1 rings (SSSR count). The van der Waals surface area contributed by atoms with Crippen molar-refractivity contribution < 1.29 is 17.6 Å². The van der Waals surface area contributed by atoms with E-state index in [9.17, 15) is 17.6 Å². The first kappa shape index (κ1) is 10.4. The van der Waals surface area contributed by atoms with Gasteiger partial charge < -0.3 is 0 Å². The van der Waals surface area contributed by atoms with Gasteiger partial charge in [0.15, 0.2) is 5.82 Å². The molecule has 0 atom stereocenters. The Balaban J connectivity index is 3.25. The fraction of sp³-hybridized carbons (Fsp3) is 0.286. The van der Waals surface area contributed by atoms with Gasteiger partial charge in [-0.15, -0.1) is 0 Å². The smallest absolute Gasteiger partial charge is 0.221 e. The number of alkyl halides is 3. The van der Waals surface area contributed by atoms with Crippen molar-refractivity contribution in [1.29, 1.82) is 0 Å². The molecule has 0 saturated heterocycles. The Morgan fingerprint density at radius 3 is 2.46 bits per heavy atom. The lowest BCUT2D eigenvalue weighted by atomic mass is 10.2. The zero-order valence-electron chi connectivity index (χ0n) is 6.20. The number of rotatable bonds is 2. The largest absolute Gasteiger partial charge is 0.265 e. The van der Waals surface area contributed by atoms with Gasteiger partial charge in [-0.3, -0.25) is 0 Å². The van der Waals surface area contributed by atoms with Gasteiger partial charge in [0.1, 0.15) is 0 Å². The third kappa shape index (κ3) is 2.18. The summed E-state index contributed by atoms with van der Waals surface area (Å²) in [6, 6.07) is 0.462. The predicted molar refractivity (Wildman–Crippen MR) is 41.7 cm³/mol. The van der Waals surface area contributed by atoms with Crippen LogP contribution in [0.1, 0.15) is 17.7 Å². The van der Waals surface area contributed by atoms with Gasteiger partial charge in [-0.25, -0.2) is 18.2 Å². The van der Waals surface area contributed by atoms with Crippen LogP contribution in [0.5, 0.6) is 0 Å². The standard InChI is InChI=1S/C7H4BrF4N/c8-2-5-3(6(10)11)1-4(9)7(12)13-5/h1,6H,2H2. The summed E-state index contributed by atoms with van der Waals surface area (Å²) in [5.41, 5.74) is -0.773. The maximum Gasteiger partial charge on any atom is 0.265 e. The molecular weight excluding hydrogens is 254 g/mol. The zero-order valence-corrected chi connectivity index (χ0v) is 7.78. The summed E-state index contributed by atoms with van der Waals surface area (Å²) >= 11 is 2.85. The van der Waals surface area contributed by atoms with Crippen molar-refractivity contribution >= 4 is 15.9 Å². The summed E-state index contributed by atoms with van der Waals surface area (Å²) in [7, 11) is 0. The molecule has 1 heterocycles. The summed E-state index contributed by atoms with van der Waals surface area (Å²) in [5, 5.41) is -0.0378. The van der Waals surface area contributed by atoms with Crippen LogP contribution in [0.3, 0.4) is 0 Å². The maximum atomic E-state index is 12.5. The minimum atomic E-state index is -2.85. The third-order valence-corrected chi connectivity index (χ3v) is 1.94. The average Bonchev–Trinajstić information content (AvgIpc) is 2.08. The van der Waals surface area contributed by atoms with Crippen LogP contribution in [-0.2, 0) is 5.33 Å². The van der Waals surface area contributed by atoms with Crippen molar-refractivity contribution in [2.75, 3.05) is 0 Å². The fourth-order valence-corrected chi connectivity index (χ4v) is 1.26. The molecule has 0 aliphatic rings. The molecule has 0 saturated carbocycles. The Hall–Kier alpha value is -0.650. The summed E-state index contributed by atoms with van der Waals surface area (Å²) < 4.78 is 49.3. The van der Waals surface area contributed by atoms with Gasteiger partial charge in [0.25, 0.3) is 6.43 Å². The molecule has 0 radical (unpaired) electrons. The molecule has 72 valence electrons. The van der Waals surface area contributed by atoms with Crippen LogP contribution in [0.2, 0.25) is 0 Å². The van der Waals surface area contributed by atoms with Gasteiger partial charge >= 0.3 is 0 Å². The minimum Gasteiger partial charge on any atom is -0.221 e. The summed E-state index contributed by atoms with van der Waals surface area (Å²) in [6.07, 6.45) is -2.85. The fourth-order valence-electron chi connectivity index (χ4n) is 0.812. The Kier molecular flexibility index (Phi) is 3.24. The van der Waals surface area contributed by atoms with E-state index >= 15 is 0 Å². The third-order valence-electron chi connectivity index (χ3n) is 1.41. The molecule has 0 bridgehead atoms. The van der Waals surface area contributed by atoms with Crippen LogP contribution < -0.4 is 0 Å². The SMILES string of the molecule is Fc1cc(C(F)F)c(CBr)nc1F. The van der Waals surface area contributed by atoms with E-state index in [1.807, 2.05) is 0 Å². The molecule has 1 aromatic heterocycles. The van der Waals surface area contributed by atoms with Gasteiger partial charge in [0.05, 0.1) is 5.69 Å². The molecule has 0 fully saturated rings. The van der Waals surface area contributed by atoms with Crippen LogP contribution >= 0.6 is 15.9 Å². The van der Waals surface area contributed by atoms with E-state index in [4.69, 9.17) is 0 Å². The van der Waals surface area contributed by atoms with Gasteiger partial charge in [0, 0.05) is 10.9 Å². The van der Waals surface area contributed by atoms with E-state index in [2.05, 4.69) is 20.9 Å². The molecule has 1 nitrogen and oxygen atoms in total. The molecule has 0 N–H and O–H groups in total. The Morgan fingerprint density at radius 2 is 2.00 bits per heavy atom. The average molecular weight is 258 g/mol. The molecule has 0 spiro atoms. The normalized spacial score (nSPS) is 10.9. The van der Waals surface area contributed by atoms with E-state index in [1.54, 1.807) is 0 Å². The van der Waals surface area contributed by atoms with Crippen molar-refractivity contribution in [2.45, 2.75) is 11.8 Å². The van der Waals surface area contributed by atoms with E-state index in [0.29, 0.717) is 6.07 Å². The second-order valence-electron chi connectivity index (χ2n) is 2.23. The first-order valence-corrected chi connectivity index (χ1v) is 4.37. The lowest BCUT2D eigenvalue weighted by Gasteiger charge is -2.05. The Bertz CT molecular complexity index is 316. The van der Waals surface area contributed by atoms with Crippen molar-refractivity contribution in [1.82, 2.24) is 4.98 Å². The number of nitrogens with zero attached hydrogens (tertiary/aromatic N) is 1. The molecule has 0 amide bonds. The topological polar surface area (TPSA) is 12.9 Å². The first-order chi connectivity index (χ1) is 6.06. The minimum absolute atomic E-state index is 0.0378. The highest BCUT2D eigenvalue weighted by atomic mass is 79.9. The van der Waals surface area contributed by atoms with E-state index in [0.717, 1.165) is 0 Å². The van der Waals surface area contributed by atoms with Crippen LogP contribution in [0, 0.1) is 11.8 Å². The van der Waals surface area contributed by atoms with Crippen LogP contribution in [-0.4, -0.2) is 4.98 Å². The molecule has 0 unspecified atom stereocenters. The van der Waals surface area contributed by atoms with E-state index < -0.39 is 23.8 Å². The molecule has 1 aromatic rings. The van der Waals surface area contributed by atoms with E-state index in [-0.39, 0.29) is 11.0 Å². The summed E-state index contributed by atoms with van der Waals surface area (Å²) in [5.74, 6) is -2.72. The highest BCUT2D eigenvalue weighted by molar-refractivity contribution is 9.08. The van der Waals surface area contributed by atoms with Crippen LogP contribution in [0.15, 0.2) is 6.07 Å². The molecular formula is C7H4BrF4N. The quantitative estimate of drug-likeness (QED) is 0.451. The molecule has 6 heteroatoms. The number of hydrogen-bond acceptors (Lipinski definition) is 1. The van der Waals surface area contributed by atoms with Crippen LogP contribution in [0.25, 0.3) is 0 Å². The molecule has 13 heavy (non-hydrogen) atoms. The van der Waals surface area contributed by atoms with Crippen molar-refractivity contribution in [3.8, 4) is 0 Å². The second-order valence-corrected chi connectivity index (χ2v) is 2.79. The number of pyridine rings is 1. The monoisotopic (exact) mass is 257 g/mol. The van der Waals surface area contributed by atoms with Gasteiger partial charge in [0.2, 0.25) is 5.95 Å². The zero-order chi connectivity index (χ0) is 10.0. The highest BCUT2D eigenvalue weighted by Crippen LogP contribution is 2.24. The highest BCUT2D eigenvalue weighted by Gasteiger charge is 2.17. The molecule has 0 aromatic carbocycles. The summed E-state index contributed by atoms with van der Waals surface area (Å²) in [4.78, 5) is 3.04. The van der Waals surface area contributed by atoms with Gasteiger partial charge in [-0.05, 0) is 6.07 Å². The Labute approximate surface area is 79.9 Å². The molecule has 0 aliphatic carbocycles. The van der Waals surface area contributed by atoms with Crippen molar-refractivity contribution in [2.24, 2.45) is 0 Å². The lowest BCUT2D eigenvalue weighted by molar-refractivity contribution is 0.149. The molecule has 0 aliphatic heterocycles. The Morgan fingerprint density at radius 1 is 1.38 bits per heavy atom. The second kappa shape index (κ2) is 4.04. The van der Waals surface area contributed by atoms with E-state index in [1.165, 1.54) is 0 Å². The van der Waals surface area contributed by atoms with Gasteiger partial charge in [-0.1, -0.05) is 15.9 Å². The van der Waals surface area contributed by atoms with Crippen molar-refractivity contribution in [3.63, 3.8) is 0 Å². The maximum absolute atomic E-state index is 12.5. The van der Waals surface area contributed by atoms with Crippen LogP contribution in [0.4, 0.5) is 17.6 Å². The number of hydrogen-bond donors (Lipinski definition) is 0. The number of halogens is 5. The summed E-state index contributed by atoms with van der Waals surface area (Å²) in [6.45, 7) is 0. The van der Waals surface area contributed by atoms with Crippen molar-refractivity contribution in [3.05, 3.63) is 29.1 Å². The number of aromatic nitrogens is 1.